The fraction of sp³-hybridized carbons (Fsp3) is 0.320. The molecule has 32 heavy (non-hydrogen) atoms. The molecule has 3 N–H and O–H groups in total. The van der Waals surface area contributed by atoms with Crippen LogP contribution in [0.4, 0.5) is 18.9 Å². The molecule has 0 bridgehead atoms. The SMILES string of the molecule is O=C1Cc2c([nH]c3ccc(C(F)(F)F)cc23)-c2cc(C=CC3(O)CCCCC3)ccc2N1. The summed E-state index contributed by atoms with van der Waals surface area (Å²) in [4.78, 5) is 15.7. The van der Waals surface area contributed by atoms with Gasteiger partial charge in [0.15, 0.2) is 0 Å². The second-order valence-electron chi connectivity index (χ2n) is 8.76. The molecule has 4 nitrogen and oxygen atoms in total. The van der Waals surface area contributed by atoms with Crippen molar-refractivity contribution in [3.8, 4) is 11.3 Å². The molecule has 2 aromatic carbocycles. The molecule has 3 aromatic rings. The molecule has 0 radical (unpaired) electrons. The summed E-state index contributed by atoms with van der Waals surface area (Å²) in [6.45, 7) is 0. The van der Waals surface area contributed by atoms with Crippen molar-refractivity contribution in [2.75, 3.05) is 5.32 Å². The molecule has 1 fully saturated rings. The Morgan fingerprint density at radius 2 is 1.81 bits per heavy atom. The van der Waals surface area contributed by atoms with E-state index in [1.807, 2.05) is 24.3 Å². The van der Waals surface area contributed by atoms with Crippen molar-refractivity contribution < 1.29 is 23.1 Å². The zero-order valence-electron chi connectivity index (χ0n) is 17.4. The van der Waals surface area contributed by atoms with E-state index in [0.717, 1.165) is 49.8 Å². The number of benzene rings is 2. The van der Waals surface area contributed by atoms with Crippen molar-refractivity contribution in [2.24, 2.45) is 0 Å². The van der Waals surface area contributed by atoms with Crippen molar-refractivity contribution in [1.82, 2.24) is 4.98 Å². The van der Waals surface area contributed by atoms with Crippen LogP contribution in [0, 0.1) is 0 Å². The molecule has 5 rings (SSSR count). The van der Waals surface area contributed by atoms with Crippen molar-refractivity contribution in [3.05, 3.63) is 59.2 Å². The van der Waals surface area contributed by atoms with Crippen LogP contribution in [0.25, 0.3) is 28.2 Å². The van der Waals surface area contributed by atoms with Crippen LogP contribution >= 0.6 is 0 Å². The monoisotopic (exact) mass is 440 g/mol. The van der Waals surface area contributed by atoms with Crippen LogP contribution < -0.4 is 5.32 Å². The smallest absolute Gasteiger partial charge is 0.386 e. The molecule has 1 amide bonds. The largest absolute Gasteiger partial charge is 0.416 e. The number of alkyl halides is 3. The molecule has 7 heteroatoms. The number of H-pyrrole nitrogens is 1. The Bertz CT molecular complexity index is 1230. The first-order chi connectivity index (χ1) is 15.2. The lowest BCUT2D eigenvalue weighted by molar-refractivity contribution is -0.137. The van der Waals surface area contributed by atoms with E-state index >= 15 is 0 Å². The van der Waals surface area contributed by atoms with Gasteiger partial charge in [0.05, 0.1) is 29.0 Å². The van der Waals surface area contributed by atoms with E-state index < -0.39 is 17.3 Å². The van der Waals surface area contributed by atoms with E-state index in [2.05, 4.69) is 10.3 Å². The summed E-state index contributed by atoms with van der Waals surface area (Å²) in [6.07, 6.45) is 3.83. The summed E-state index contributed by atoms with van der Waals surface area (Å²) in [5.74, 6) is -0.275. The van der Waals surface area contributed by atoms with Crippen LogP contribution in [0.2, 0.25) is 0 Å². The number of anilines is 1. The fourth-order valence-electron chi connectivity index (χ4n) is 4.76. The summed E-state index contributed by atoms with van der Waals surface area (Å²) in [6, 6.07) is 9.10. The molecule has 166 valence electrons. The Labute approximate surface area is 183 Å². The Morgan fingerprint density at radius 1 is 1.03 bits per heavy atom. The van der Waals surface area contributed by atoms with Crippen molar-refractivity contribution >= 4 is 28.6 Å². The molecule has 0 atom stereocenters. The van der Waals surface area contributed by atoms with Crippen LogP contribution in [-0.2, 0) is 17.4 Å². The number of nitrogens with one attached hydrogen (secondary N) is 2. The molecular weight excluding hydrogens is 417 g/mol. The second-order valence-corrected chi connectivity index (χ2v) is 8.76. The van der Waals surface area contributed by atoms with Crippen LogP contribution in [-0.4, -0.2) is 21.6 Å². The fourth-order valence-corrected chi connectivity index (χ4v) is 4.76. The van der Waals surface area contributed by atoms with E-state index in [0.29, 0.717) is 33.4 Å². The van der Waals surface area contributed by atoms with Gasteiger partial charge in [0.25, 0.3) is 0 Å². The van der Waals surface area contributed by atoms with Crippen LogP contribution in [0.15, 0.2) is 42.5 Å². The van der Waals surface area contributed by atoms with Gasteiger partial charge >= 0.3 is 6.18 Å². The molecule has 1 aromatic heterocycles. The Kier molecular flexibility index (Phi) is 4.89. The maximum Gasteiger partial charge on any atom is 0.416 e. The standard InChI is InChI=1S/C25H23F3N2O2/c26-25(27,28)16-5-7-20-17(13-16)18-14-22(31)29-21-6-4-15(12-19(21)23(18)30-20)8-11-24(32)9-2-1-3-10-24/h4-8,11-13,30,32H,1-3,9-10,14H2,(H,29,31). The summed E-state index contributed by atoms with van der Waals surface area (Å²) in [7, 11) is 0. The van der Waals surface area contributed by atoms with Gasteiger partial charge in [-0.25, -0.2) is 0 Å². The number of carbonyl (C=O) groups is 1. The van der Waals surface area contributed by atoms with Gasteiger partial charge in [-0.15, -0.1) is 0 Å². The number of aromatic amines is 1. The normalized spacial score (nSPS) is 18.3. The summed E-state index contributed by atoms with van der Waals surface area (Å²) < 4.78 is 39.8. The molecule has 0 spiro atoms. The molecule has 1 saturated carbocycles. The summed E-state index contributed by atoms with van der Waals surface area (Å²) in [5.41, 5.74) is 2.36. The zero-order valence-corrected chi connectivity index (χ0v) is 17.4. The lowest BCUT2D eigenvalue weighted by atomic mass is 9.84. The molecule has 2 aliphatic rings. The molecule has 0 saturated heterocycles. The number of fused-ring (bicyclic) bond motifs is 5. The number of rotatable bonds is 2. The van der Waals surface area contributed by atoms with E-state index in [1.54, 1.807) is 6.07 Å². The average Bonchev–Trinajstić information content (AvgIpc) is 3.03. The number of hydrogen-bond donors (Lipinski definition) is 3. The average molecular weight is 440 g/mol. The van der Waals surface area contributed by atoms with Gasteiger partial charge < -0.3 is 15.4 Å². The highest BCUT2D eigenvalue weighted by Crippen LogP contribution is 2.40. The van der Waals surface area contributed by atoms with Gasteiger partial charge in [-0.05, 0) is 54.3 Å². The van der Waals surface area contributed by atoms with Crippen molar-refractivity contribution in [3.63, 3.8) is 0 Å². The minimum atomic E-state index is -4.46. The first-order valence-electron chi connectivity index (χ1n) is 10.8. The van der Waals surface area contributed by atoms with Crippen molar-refractivity contribution in [1.29, 1.82) is 0 Å². The quantitative estimate of drug-likeness (QED) is 0.454. The van der Waals surface area contributed by atoms with Crippen molar-refractivity contribution in [2.45, 2.75) is 50.3 Å². The predicted molar refractivity (Wildman–Crippen MR) is 118 cm³/mol. The third-order valence-electron chi connectivity index (χ3n) is 6.46. The molecular formula is C25H23F3N2O2. The Morgan fingerprint density at radius 3 is 2.56 bits per heavy atom. The highest BCUT2D eigenvalue weighted by atomic mass is 19.4. The lowest BCUT2D eigenvalue weighted by Gasteiger charge is -2.28. The number of halogens is 3. The van der Waals surface area contributed by atoms with E-state index in [-0.39, 0.29) is 12.3 Å². The molecule has 0 unspecified atom stereocenters. The minimum Gasteiger partial charge on any atom is -0.386 e. The minimum absolute atomic E-state index is 0.0176. The van der Waals surface area contributed by atoms with E-state index in [4.69, 9.17) is 0 Å². The number of hydrogen-bond acceptors (Lipinski definition) is 2. The molecule has 2 heterocycles. The van der Waals surface area contributed by atoms with Gasteiger partial charge in [0.1, 0.15) is 0 Å². The molecule has 1 aliphatic carbocycles. The highest BCUT2D eigenvalue weighted by molar-refractivity contribution is 6.05. The molecule has 1 aliphatic heterocycles. The second kappa shape index (κ2) is 7.52. The van der Waals surface area contributed by atoms with Gasteiger partial charge in [-0.1, -0.05) is 37.5 Å². The van der Waals surface area contributed by atoms with Gasteiger partial charge in [-0.2, -0.15) is 13.2 Å². The Hall–Kier alpha value is -3.06. The van der Waals surface area contributed by atoms with E-state index in [1.165, 1.54) is 6.07 Å². The Balaban J connectivity index is 1.60. The maximum atomic E-state index is 13.3. The maximum absolute atomic E-state index is 13.3. The zero-order chi connectivity index (χ0) is 22.5. The van der Waals surface area contributed by atoms with Crippen LogP contribution in [0.5, 0.6) is 0 Å². The van der Waals surface area contributed by atoms with Gasteiger partial charge in [0.2, 0.25) is 5.91 Å². The summed E-state index contributed by atoms with van der Waals surface area (Å²) in [5, 5.41) is 14.0. The lowest BCUT2D eigenvalue weighted by Crippen LogP contribution is -2.28. The third-order valence-corrected chi connectivity index (χ3v) is 6.46. The number of aromatic nitrogens is 1. The number of amides is 1. The van der Waals surface area contributed by atoms with Crippen LogP contribution in [0.3, 0.4) is 0 Å². The first-order valence-corrected chi connectivity index (χ1v) is 10.8. The summed E-state index contributed by atoms with van der Waals surface area (Å²) >= 11 is 0. The number of aliphatic hydroxyl groups is 1. The third kappa shape index (κ3) is 3.81. The highest BCUT2D eigenvalue weighted by Gasteiger charge is 2.32. The van der Waals surface area contributed by atoms with E-state index in [9.17, 15) is 23.1 Å². The van der Waals surface area contributed by atoms with Gasteiger partial charge in [-0.3, -0.25) is 4.79 Å². The number of carbonyl (C=O) groups excluding carboxylic acids is 1. The topological polar surface area (TPSA) is 65.1 Å². The first kappa shape index (κ1) is 20.8. The van der Waals surface area contributed by atoms with Crippen LogP contribution in [0.1, 0.15) is 48.8 Å². The predicted octanol–water partition coefficient (Wildman–Crippen LogP) is 6.06. The van der Waals surface area contributed by atoms with Gasteiger partial charge in [0, 0.05) is 16.5 Å².